The summed E-state index contributed by atoms with van der Waals surface area (Å²) in [6.07, 6.45) is -1.65. The van der Waals surface area contributed by atoms with Crippen molar-refractivity contribution in [3.63, 3.8) is 0 Å². The Labute approximate surface area is 252 Å². The van der Waals surface area contributed by atoms with Gasteiger partial charge in [-0.15, -0.1) is 0 Å². The first-order valence-electron chi connectivity index (χ1n) is 14.8. The van der Waals surface area contributed by atoms with Gasteiger partial charge in [-0.05, 0) is 13.0 Å². The molecule has 0 bridgehead atoms. The standard InChI is InChI=1S/C25H44N4O8.C2HF3O2/c1-2-3-4-5-6-7-8-9-11-27-15-19(37-24-22(33)21(32)18(14-26)36-24)17-13-16(30)23(35-17)29-12-10-20(31)28-25(29)34;3-2(4,5)1(6)7/h10,12,16-19,21-24,27,30,32-33H,2-9,11,13-15,26H2,1H3,(H,28,31,34);(H,6,7)/t16-,17+,18-,19+,21-,22-,23-,24+;/m1./s1. The molecule has 0 radical (unpaired) electrons. The van der Waals surface area contributed by atoms with Crippen molar-refractivity contribution in [3.05, 3.63) is 33.1 Å². The fourth-order valence-corrected chi connectivity index (χ4v) is 4.89. The van der Waals surface area contributed by atoms with Crippen molar-refractivity contribution < 1.29 is 52.6 Å². The van der Waals surface area contributed by atoms with Gasteiger partial charge in [0.2, 0.25) is 0 Å². The van der Waals surface area contributed by atoms with Crippen LogP contribution in [-0.4, -0.2) is 105 Å². The molecule has 3 rings (SSSR count). The van der Waals surface area contributed by atoms with Gasteiger partial charge in [-0.3, -0.25) is 14.3 Å². The summed E-state index contributed by atoms with van der Waals surface area (Å²) in [7, 11) is 0. The molecule has 0 spiro atoms. The van der Waals surface area contributed by atoms with Crippen molar-refractivity contribution in [2.45, 2.75) is 120 Å². The van der Waals surface area contributed by atoms with Gasteiger partial charge in [0.15, 0.2) is 12.5 Å². The summed E-state index contributed by atoms with van der Waals surface area (Å²) in [5, 5.41) is 41.7. The molecule has 1 aromatic rings. The van der Waals surface area contributed by atoms with Gasteiger partial charge in [0.1, 0.15) is 24.4 Å². The van der Waals surface area contributed by atoms with Gasteiger partial charge < -0.3 is 45.7 Å². The van der Waals surface area contributed by atoms with Crippen LogP contribution < -0.4 is 22.3 Å². The number of unbranched alkanes of at least 4 members (excludes halogenated alkanes) is 7. The minimum Gasteiger partial charge on any atom is -0.475 e. The Hall–Kier alpha value is -2.38. The minimum absolute atomic E-state index is 0.0231. The lowest BCUT2D eigenvalue weighted by atomic mass is 10.1. The second-order valence-electron chi connectivity index (χ2n) is 10.8. The number of carbonyl (C=O) groups is 1. The van der Waals surface area contributed by atoms with Gasteiger partial charge in [-0.1, -0.05) is 51.9 Å². The van der Waals surface area contributed by atoms with E-state index in [0.717, 1.165) is 24.0 Å². The minimum atomic E-state index is -5.08. The van der Waals surface area contributed by atoms with Gasteiger partial charge in [-0.25, -0.2) is 9.59 Å². The first-order valence-corrected chi connectivity index (χ1v) is 14.8. The van der Waals surface area contributed by atoms with Gasteiger partial charge >= 0.3 is 17.8 Å². The van der Waals surface area contributed by atoms with E-state index in [4.69, 9.17) is 29.8 Å². The number of halogens is 3. The molecule has 1 aromatic heterocycles. The van der Waals surface area contributed by atoms with Crippen LogP contribution in [0.15, 0.2) is 21.9 Å². The van der Waals surface area contributed by atoms with Gasteiger partial charge in [-0.2, -0.15) is 13.2 Å². The van der Waals surface area contributed by atoms with E-state index in [1.165, 1.54) is 50.8 Å². The maximum absolute atomic E-state index is 12.2. The normalized spacial score (nSPS) is 27.6. The fraction of sp³-hybridized carbons (Fsp3) is 0.815. The number of nitrogens with two attached hydrogens (primary N) is 1. The highest BCUT2D eigenvalue weighted by atomic mass is 19.4. The summed E-state index contributed by atoms with van der Waals surface area (Å²) in [5.74, 6) is -2.76. The molecule has 2 aliphatic heterocycles. The SMILES string of the molecule is CCCCCCCCCCNC[C@H](O[C@@H]1O[C@H](CN)[C@@H](O)[C@H]1O)[C@@H]1C[C@@H](O)[C@H](n2ccc(=O)[nH]c2=O)O1.O=C(O)C(F)(F)F. The number of aliphatic hydroxyl groups excluding tert-OH is 3. The number of aliphatic hydroxyl groups is 3. The Kier molecular flexibility index (Phi) is 15.9. The largest absolute Gasteiger partial charge is 0.490 e. The summed E-state index contributed by atoms with van der Waals surface area (Å²) in [5.41, 5.74) is 4.39. The third kappa shape index (κ3) is 11.8. The summed E-state index contributed by atoms with van der Waals surface area (Å²) in [4.78, 5) is 34.7. The van der Waals surface area contributed by atoms with Crippen LogP contribution >= 0.6 is 0 Å². The van der Waals surface area contributed by atoms with E-state index in [1.54, 1.807) is 0 Å². The lowest BCUT2D eigenvalue weighted by molar-refractivity contribution is -0.213. The van der Waals surface area contributed by atoms with Crippen molar-refractivity contribution in [1.82, 2.24) is 14.9 Å². The van der Waals surface area contributed by atoms with E-state index in [-0.39, 0.29) is 13.0 Å². The second kappa shape index (κ2) is 18.6. The van der Waals surface area contributed by atoms with E-state index < -0.39 is 72.5 Å². The van der Waals surface area contributed by atoms with E-state index in [0.29, 0.717) is 6.54 Å². The topological polar surface area (TPSA) is 219 Å². The van der Waals surface area contributed by atoms with Crippen LogP contribution in [0.3, 0.4) is 0 Å². The number of carboxylic acid groups (broad SMARTS) is 1. The third-order valence-electron chi connectivity index (χ3n) is 7.31. The van der Waals surface area contributed by atoms with Crippen LogP contribution in [0.1, 0.15) is 70.9 Å². The molecule has 8 N–H and O–H groups in total. The Morgan fingerprint density at radius 1 is 1.11 bits per heavy atom. The Morgan fingerprint density at radius 3 is 2.27 bits per heavy atom. The monoisotopic (exact) mass is 642 g/mol. The molecule has 0 aliphatic carbocycles. The highest BCUT2D eigenvalue weighted by Crippen LogP contribution is 2.32. The summed E-state index contributed by atoms with van der Waals surface area (Å²) < 4.78 is 50.5. The molecule has 0 amide bonds. The molecule has 0 aromatic carbocycles. The fourth-order valence-electron chi connectivity index (χ4n) is 4.89. The number of carboxylic acids is 1. The number of ether oxygens (including phenoxy) is 3. The average Bonchev–Trinajstić information content (AvgIpc) is 3.47. The van der Waals surface area contributed by atoms with Gasteiger partial charge in [0, 0.05) is 31.8 Å². The Bertz CT molecular complexity index is 1100. The first kappa shape index (κ1) is 37.8. The van der Waals surface area contributed by atoms with E-state index in [9.17, 15) is 38.1 Å². The number of aromatic amines is 1. The predicted octanol–water partition coefficient (Wildman–Crippen LogP) is 0.339. The second-order valence-corrected chi connectivity index (χ2v) is 10.8. The summed E-state index contributed by atoms with van der Waals surface area (Å²) in [6, 6.07) is 1.18. The van der Waals surface area contributed by atoms with E-state index in [2.05, 4.69) is 17.2 Å². The molecule has 2 fully saturated rings. The first-order chi connectivity index (χ1) is 20.8. The smallest absolute Gasteiger partial charge is 0.475 e. The number of alkyl halides is 3. The maximum Gasteiger partial charge on any atom is 0.490 e. The quantitative estimate of drug-likeness (QED) is 0.121. The number of aromatic nitrogens is 2. The van der Waals surface area contributed by atoms with Crippen LogP contribution in [0.4, 0.5) is 13.2 Å². The number of H-pyrrole nitrogens is 1. The van der Waals surface area contributed by atoms with Crippen molar-refractivity contribution in [2.24, 2.45) is 5.73 Å². The molecule has 17 heteroatoms. The van der Waals surface area contributed by atoms with Crippen molar-refractivity contribution in [3.8, 4) is 0 Å². The zero-order chi connectivity index (χ0) is 32.9. The van der Waals surface area contributed by atoms with Crippen LogP contribution in [-0.2, 0) is 19.0 Å². The van der Waals surface area contributed by atoms with Crippen molar-refractivity contribution >= 4 is 5.97 Å². The van der Waals surface area contributed by atoms with E-state index in [1.807, 2.05) is 0 Å². The van der Waals surface area contributed by atoms with Crippen molar-refractivity contribution in [1.29, 1.82) is 0 Å². The number of hydrogen-bond acceptors (Lipinski definition) is 11. The van der Waals surface area contributed by atoms with Crippen LogP contribution in [0.25, 0.3) is 0 Å². The van der Waals surface area contributed by atoms with Crippen LogP contribution in [0, 0.1) is 0 Å². The van der Waals surface area contributed by atoms with Gasteiger partial charge in [0.05, 0.1) is 12.2 Å². The Morgan fingerprint density at radius 2 is 1.73 bits per heavy atom. The number of rotatable bonds is 16. The molecule has 14 nitrogen and oxygen atoms in total. The maximum atomic E-state index is 12.2. The number of nitrogens with one attached hydrogen (secondary N) is 2. The van der Waals surface area contributed by atoms with Crippen molar-refractivity contribution in [2.75, 3.05) is 19.6 Å². The van der Waals surface area contributed by atoms with Crippen LogP contribution in [0.2, 0.25) is 0 Å². The van der Waals surface area contributed by atoms with Crippen LogP contribution in [0.5, 0.6) is 0 Å². The lowest BCUT2D eigenvalue weighted by Crippen LogP contribution is -2.44. The number of nitrogens with zero attached hydrogens (tertiary/aromatic N) is 1. The Balaban J connectivity index is 0.000000860. The van der Waals surface area contributed by atoms with Gasteiger partial charge in [0.25, 0.3) is 5.56 Å². The molecule has 254 valence electrons. The number of hydrogen-bond donors (Lipinski definition) is 7. The van der Waals surface area contributed by atoms with E-state index >= 15 is 0 Å². The molecule has 3 heterocycles. The third-order valence-corrected chi connectivity index (χ3v) is 7.31. The molecule has 2 saturated heterocycles. The summed E-state index contributed by atoms with van der Waals surface area (Å²) in [6.45, 7) is 3.34. The predicted molar refractivity (Wildman–Crippen MR) is 150 cm³/mol. The molecular formula is C27H45F3N4O10. The lowest BCUT2D eigenvalue weighted by Gasteiger charge is -2.28. The molecule has 0 unspecified atom stereocenters. The number of aliphatic carboxylic acids is 1. The molecule has 2 aliphatic rings. The molecule has 8 atom stereocenters. The molecule has 44 heavy (non-hydrogen) atoms. The summed E-state index contributed by atoms with van der Waals surface area (Å²) >= 11 is 0. The zero-order valence-electron chi connectivity index (χ0n) is 24.7. The average molecular weight is 643 g/mol. The zero-order valence-corrected chi connectivity index (χ0v) is 24.7. The molecule has 0 saturated carbocycles. The highest BCUT2D eigenvalue weighted by molar-refractivity contribution is 5.73. The molecular weight excluding hydrogens is 597 g/mol. The highest BCUT2D eigenvalue weighted by Gasteiger charge is 2.47.